The van der Waals surface area contributed by atoms with Crippen LogP contribution in [0.3, 0.4) is 0 Å². The summed E-state index contributed by atoms with van der Waals surface area (Å²) < 4.78 is 41.5. The Bertz CT molecular complexity index is 1220. The first kappa shape index (κ1) is 17.7. The van der Waals surface area contributed by atoms with Crippen LogP contribution in [0.25, 0.3) is 27.5 Å². The second-order valence-electron chi connectivity index (χ2n) is 6.13. The molecule has 138 valence electrons. The Morgan fingerprint density at radius 2 is 1.67 bits per heavy atom. The van der Waals surface area contributed by atoms with Gasteiger partial charge < -0.3 is 0 Å². The van der Waals surface area contributed by atoms with Crippen molar-refractivity contribution in [2.45, 2.75) is 11.2 Å². The van der Waals surface area contributed by atoms with Crippen molar-refractivity contribution in [2.75, 3.05) is 6.26 Å². The standard InChI is InChI=1S/C19H14F3N3OS/c1-24-16-15(13-5-3-4-6-14(13)18(24)27-2)23-25(17(16)26)12-9-7-11(8-10-12)19(20,21)22/h3-10H,1-2H3/p+1. The van der Waals surface area contributed by atoms with E-state index in [1.54, 1.807) is 0 Å². The number of fused-ring (bicyclic) bond motifs is 3. The molecule has 4 aromatic rings. The van der Waals surface area contributed by atoms with E-state index in [2.05, 4.69) is 5.10 Å². The number of nitrogens with one attached hydrogen (secondary N) is 1. The molecule has 1 N–H and O–H groups in total. The fourth-order valence-electron chi connectivity index (χ4n) is 3.33. The van der Waals surface area contributed by atoms with Gasteiger partial charge in [0.05, 0.1) is 16.6 Å². The van der Waals surface area contributed by atoms with Crippen molar-refractivity contribution in [1.29, 1.82) is 0 Å². The maximum atomic E-state index is 13.0. The van der Waals surface area contributed by atoms with Crippen LogP contribution in [-0.2, 0) is 13.2 Å². The molecule has 0 fully saturated rings. The lowest BCUT2D eigenvalue weighted by Crippen LogP contribution is -2.36. The second kappa shape index (κ2) is 6.16. The van der Waals surface area contributed by atoms with Crippen LogP contribution in [0.4, 0.5) is 13.2 Å². The summed E-state index contributed by atoms with van der Waals surface area (Å²) in [5.74, 6) is 0. The number of aromatic amines is 1. The third kappa shape index (κ3) is 2.71. The number of benzene rings is 2. The van der Waals surface area contributed by atoms with Crippen molar-refractivity contribution in [3.8, 4) is 5.69 Å². The molecule has 0 aliphatic heterocycles. The Kier molecular flexibility index (Phi) is 4.03. The lowest BCUT2D eigenvalue weighted by Gasteiger charge is -2.07. The number of pyridine rings is 1. The molecule has 0 aliphatic rings. The summed E-state index contributed by atoms with van der Waals surface area (Å²) in [5, 5.41) is 5.89. The Morgan fingerprint density at radius 1 is 1.04 bits per heavy atom. The van der Waals surface area contributed by atoms with E-state index in [1.165, 1.54) is 28.6 Å². The minimum atomic E-state index is -4.42. The molecule has 0 atom stereocenters. The minimum absolute atomic E-state index is 0.312. The van der Waals surface area contributed by atoms with E-state index in [0.29, 0.717) is 16.7 Å². The van der Waals surface area contributed by atoms with Gasteiger partial charge in [-0.2, -0.15) is 17.7 Å². The molecular weight excluding hydrogens is 375 g/mol. The second-order valence-corrected chi connectivity index (χ2v) is 6.93. The zero-order valence-electron chi connectivity index (χ0n) is 14.5. The first-order valence-corrected chi connectivity index (χ1v) is 9.32. The van der Waals surface area contributed by atoms with Gasteiger partial charge >= 0.3 is 11.7 Å². The van der Waals surface area contributed by atoms with Gasteiger partial charge in [-0.15, -0.1) is 0 Å². The van der Waals surface area contributed by atoms with Crippen molar-refractivity contribution < 1.29 is 17.7 Å². The largest absolute Gasteiger partial charge is 0.416 e. The molecule has 0 saturated heterocycles. The maximum absolute atomic E-state index is 13.0. The van der Waals surface area contributed by atoms with Gasteiger partial charge in [0.15, 0.2) is 0 Å². The molecule has 0 saturated carbocycles. The molecule has 2 heterocycles. The first-order chi connectivity index (χ1) is 12.8. The average Bonchev–Trinajstić information content (AvgIpc) is 2.99. The summed E-state index contributed by atoms with van der Waals surface area (Å²) in [6, 6.07) is 12.2. The Balaban J connectivity index is 2.02. The minimum Gasteiger partial charge on any atom is -0.284 e. The van der Waals surface area contributed by atoms with Crippen LogP contribution in [-0.4, -0.2) is 16.0 Å². The molecule has 0 radical (unpaired) electrons. The quantitative estimate of drug-likeness (QED) is 0.415. The van der Waals surface area contributed by atoms with Gasteiger partial charge in [-0.25, -0.2) is 4.68 Å². The highest BCUT2D eigenvalue weighted by molar-refractivity contribution is 7.98. The van der Waals surface area contributed by atoms with Gasteiger partial charge in [-0.1, -0.05) is 30.0 Å². The SMILES string of the molecule is CSc1c2ccccc2c2[nH]n(-c3ccc(C(F)(F)F)cc3)c(=O)c2[n+]1C. The van der Waals surface area contributed by atoms with Crippen LogP contribution in [0.2, 0.25) is 0 Å². The highest BCUT2D eigenvalue weighted by atomic mass is 32.2. The van der Waals surface area contributed by atoms with Gasteiger partial charge in [0, 0.05) is 5.39 Å². The van der Waals surface area contributed by atoms with Gasteiger partial charge in [0.25, 0.3) is 5.52 Å². The number of H-pyrrole nitrogens is 1. The van der Waals surface area contributed by atoms with Gasteiger partial charge in [0.2, 0.25) is 5.03 Å². The third-order valence-electron chi connectivity index (χ3n) is 4.58. The number of nitrogens with zero attached hydrogens (tertiary/aromatic N) is 2. The van der Waals surface area contributed by atoms with E-state index in [0.717, 1.165) is 27.9 Å². The number of thioether (sulfide) groups is 1. The summed E-state index contributed by atoms with van der Waals surface area (Å²) in [6.45, 7) is 0. The summed E-state index contributed by atoms with van der Waals surface area (Å²) in [6.07, 6.45) is -2.48. The highest BCUT2D eigenvalue weighted by Gasteiger charge is 2.30. The van der Waals surface area contributed by atoms with Crippen molar-refractivity contribution in [2.24, 2.45) is 7.05 Å². The lowest BCUT2D eigenvalue weighted by molar-refractivity contribution is -0.681. The number of aromatic nitrogens is 3. The van der Waals surface area contributed by atoms with Crippen molar-refractivity contribution >= 4 is 33.6 Å². The van der Waals surface area contributed by atoms with Crippen LogP contribution < -0.4 is 10.1 Å². The highest BCUT2D eigenvalue weighted by Crippen LogP contribution is 2.30. The number of halogens is 3. The predicted molar refractivity (Wildman–Crippen MR) is 99.4 cm³/mol. The van der Waals surface area contributed by atoms with E-state index in [-0.39, 0.29) is 5.56 Å². The Labute approximate surface area is 156 Å². The summed E-state index contributed by atoms with van der Waals surface area (Å²) in [5.41, 5.74) is 0.400. The fraction of sp³-hybridized carbons (Fsp3) is 0.158. The molecule has 8 heteroatoms. The first-order valence-electron chi connectivity index (χ1n) is 8.10. The molecule has 0 unspecified atom stereocenters. The molecule has 0 aliphatic carbocycles. The normalized spacial score (nSPS) is 12.2. The number of aryl methyl sites for hydroxylation is 1. The van der Waals surface area contributed by atoms with Crippen LogP contribution >= 0.6 is 11.8 Å². The molecule has 0 bridgehead atoms. The average molecular weight is 390 g/mol. The van der Waals surface area contributed by atoms with Gasteiger partial charge in [0.1, 0.15) is 12.6 Å². The molecule has 2 aromatic heterocycles. The zero-order valence-corrected chi connectivity index (χ0v) is 15.3. The molecule has 27 heavy (non-hydrogen) atoms. The van der Waals surface area contributed by atoms with E-state index < -0.39 is 11.7 Å². The van der Waals surface area contributed by atoms with Crippen LogP contribution in [0, 0.1) is 0 Å². The van der Waals surface area contributed by atoms with Crippen LogP contribution in [0.5, 0.6) is 0 Å². The van der Waals surface area contributed by atoms with Gasteiger partial charge in [-0.3, -0.25) is 9.89 Å². The zero-order chi connectivity index (χ0) is 19.3. The van der Waals surface area contributed by atoms with Crippen molar-refractivity contribution in [3.63, 3.8) is 0 Å². The monoisotopic (exact) mass is 390 g/mol. The van der Waals surface area contributed by atoms with Crippen molar-refractivity contribution in [1.82, 2.24) is 9.78 Å². The molecule has 4 rings (SSSR count). The topological polar surface area (TPSA) is 41.7 Å². The molecule has 0 amide bonds. The molecule has 4 nitrogen and oxygen atoms in total. The smallest absolute Gasteiger partial charge is 0.284 e. The van der Waals surface area contributed by atoms with E-state index in [9.17, 15) is 18.0 Å². The Morgan fingerprint density at radius 3 is 2.26 bits per heavy atom. The molecule has 2 aromatic carbocycles. The summed E-state index contributed by atoms with van der Waals surface area (Å²) in [4.78, 5) is 13.0. The Hall–Kier alpha value is -2.74. The van der Waals surface area contributed by atoms with E-state index >= 15 is 0 Å². The third-order valence-corrected chi connectivity index (χ3v) is 5.46. The summed E-state index contributed by atoms with van der Waals surface area (Å²) in [7, 11) is 1.81. The number of hydrogen-bond acceptors (Lipinski definition) is 2. The van der Waals surface area contributed by atoms with E-state index in [4.69, 9.17) is 0 Å². The van der Waals surface area contributed by atoms with Crippen LogP contribution in [0.15, 0.2) is 58.4 Å². The number of alkyl halides is 3. The predicted octanol–water partition coefficient (Wildman–Crippen LogP) is 4.04. The lowest BCUT2D eigenvalue weighted by atomic mass is 10.1. The molecular formula is C19H15F3N3OS+. The van der Waals surface area contributed by atoms with E-state index in [1.807, 2.05) is 42.1 Å². The van der Waals surface area contributed by atoms with Crippen LogP contribution in [0.1, 0.15) is 5.56 Å². The van der Waals surface area contributed by atoms with Gasteiger partial charge in [-0.05, 0) is 36.6 Å². The fourth-order valence-corrected chi connectivity index (χ4v) is 4.09. The maximum Gasteiger partial charge on any atom is 0.416 e. The number of rotatable bonds is 2. The summed E-state index contributed by atoms with van der Waals surface area (Å²) >= 11 is 1.53. The molecule has 0 spiro atoms. The number of hydrogen-bond donors (Lipinski definition) is 1. The van der Waals surface area contributed by atoms with Crippen molar-refractivity contribution in [3.05, 3.63) is 64.4 Å².